The first-order valence-electron chi connectivity index (χ1n) is 7.05. The molecule has 2 aromatic carbocycles. The highest BCUT2D eigenvalue weighted by molar-refractivity contribution is 7.18. The normalized spacial score (nSPS) is 11.1. The molecule has 0 N–H and O–H groups in total. The number of thiazole rings is 1. The van der Waals surface area contributed by atoms with Crippen molar-refractivity contribution < 1.29 is 4.79 Å². The smallest absolute Gasteiger partial charge is 0.246 e. The Morgan fingerprint density at radius 1 is 1.14 bits per heavy atom. The number of benzene rings is 2. The number of hydrogen-bond acceptors (Lipinski definition) is 3. The summed E-state index contributed by atoms with van der Waals surface area (Å²) >= 11 is 1.63. The summed E-state index contributed by atoms with van der Waals surface area (Å²) in [6.45, 7) is 0.525. The van der Waals surface area contributed by atoms with Gasteiger partial charge in [-0.2, -0.15) is 0 Å². The zero-order valence-electron chi connectivity index (χ0n) is 12.3. The Morgan fingerprint density at radius 2 is 1.86 bits per heavy atom. The van der Waals surface area contributed by atoms with Crippen LogP contribution in [0.15, 0.2) is 60.7 Å². The van der Waals surface area contributed by atoms with Gasteiger partial charge in [0.2, 0.25) is 5.91 Å². The van der Waals surface area contributed by atoms with Gasteiger partial charge in [0.25, 0.3) is 0 Å². The largest absolute Gasteiger partial charge is 0.335 e. The summed E-state index contributed by atoms with van der Waals surface area (Å²) in [6, 6.07) is 17.8. The lowest BCUT2D eigenvalue weighted by atomic mass is 10.2. The zero-order chi connectivity index (χ0) is 15.4. The molecule has 0 radical (unpaired) electrons. The van der Waals surface area contributed by atoms with Crippen LogP contribution < -0.4 is 0 Å². The number of likely N-dealkylation sites (N-methyl/N-ethyl adjacent to an activating group) is 1. The molecule has 0 atom stereocenters. The lowest BCUT2D eigenvalue weighted by molar-refractivity contribution is -0.125. The van der Waals surface area contributed by atoms with Crippen molar-refractivity contribution in [3.8, 4) is 0 Å². The van der Waals surface area contributed by atoms with E-state index in [1.165, 1.54) is 0 Å². The Bertz CT molecular complexity index is 775. The number of carbonyl (C=O) groups excluding carboxylic acids is 1. The fraction of sp³-hybridized carbons (Fsp3) is 0.111. The Kier molecular flexibility index (Phi) is 4.30. The molecule has 0 unspecified atom stereocenters. The number of hydrogen-bond donors (Lipinski definition) is 0. The van der Waals surface area contributed by atoms with Crippen LogP contribution >= 0.6 is 11.3 Å². The van der Waals surface area contributed by atoms with E-state index in [9.17, 15) is 4.79 Å². The second-order valence-electron chi connectivity index (χ2n) is 5.01. The summed E-state index contributed by atoms with van der Waals surface area (Å²) in [6.07, 6.45) is 3.43. The third-order valence-electron chi connectivity index (χ3n) is 3.30. The van der Waals surface area contributed by atoms with Crippen LogP contribution in [0.5, 0.6) is 0 Å². The predicted octanol–water partition coefficient (Wildman–Crippen LogP) is 3.97. The summed E-state index contributed by atoms with van der Waals surface area (Å²) in [4.78, 5) is 18.4. The predicted molar refractivity (Wildman–Crippen MR) is 91.6 cm³/mol. The number of nitrogens with zero attached hydrogens (tertiary/aromatic N) is 2. The molecule has 0 saturated heterocycles. The molecule has 0 spiro atoms. The van der Waals surface area contributed by atoms with Crippen molar-refractivity contribution in [1.29, 1.82) is 0 Å². The van der Waals surface area contributed by atoms with Crippen molar-refractivity contribution in [2.75, 3.05) is 7.05 Å². The third kappa shape index (κ3) is 3.40. The molecule has 0 aliphatic heterocycles. The first-order valence-corrected chi connectivity index (χ1v) is 7.87. The van der Waals surface area contributed by atoms with E-state index in [-0.39, 0.29) is 5.91 Å². The second kappa shape index (κ2) is 6.54. The van der Waals surface area contributed by atoms with Crippen LogP contribution in [0, 0.1) is 0 Å². The molecule has 1 heterocycles. The highest BCUT2D eigenvalue weighted by Crippen LogP contribution is 2.22. The Hall–Kier alpha value is -2.46. The first kappa shape index (κ1) is 14.5. The monoisotopic (exact) mass is 308 g/mol. The lowest BCUT2D eigenvalue weighted by Gasteiger charge is -2.12. The maximum absolute atomic E-state index is 12.2. The van der Waals surface area contributed by atoms with E-state index in [2.05, 4.69) is 4.98 Å². The van der Waals surface area contributed by atoms with Gasteiger partial charge in [0, 0.05) is 13.1 Å². The number of aromatic nitrogens is 1. The molecule has 0 aliphatic carbocycles. The Morgan fingerprint density at radius 3 is 2.64 bits per heavy atom. The SMILES string of the molecule is CN(Cc1nc2ccccc2s1)C(=O)C=Cc1ccccc1. The summed E-state index contributed by atoms with van der Waals surface area (Å²) in [5, 5.41) is 0.949. The lowest BCUT2D eigenvalue weighted by Crippen LogP contribution is -2.23. The van der Waals surface area contributed by atoms with Crippen molar-refractivity contribution in [3.63, 3.8) is 0 Å². The van der Waals surface area contributed by atoms with E-state index in [1.807, 2.05) is 60.7 Å². The molecule has 3 aromatic rings. The van der Waals surface area contributed by atoms with Crippen molar-refractivity contribution in [3.05, 3.63) is 71.2 Å². The second-order valence-corrected chi connectivity index (χ2v) is 6.13. The van der Waals surface area contributed by atoms with Gasteiger partial charge in [-0.15, -0.1) is 11.3 Å². The van der Waals surface area contributed by atoms with Crippen molar-refractivity contribution in [2.45, 2.75) is 6.54 Å². The molecule has 4 heteroatoms. The molecule has 1 aromatic heterocycles. The minimum atomic E-state index is -0.0249. The van der Waals surface area contributed by atoms with E-state index >= 15 is 0 Å². The van der Waals surface area contributed by atoms with Gasteiger partial charge >= 0.3 is 0 Å². The number of rotatable bonds is 4. The van der Waals surface area contributed by atoms with Gasteiger partial charge in [0.15, 0.2) is 0 Å². The van der Waals surface area contributed by atoms with E-state index < -0.39 is 0 Å². The highest BCUT2D eigenvalue weighted by atomic mass is 32.1. The summed E-state index contributed by atoms with van der Waals surface area (Å²) in [5.74, 6) is -0.0249. The van der Waals surface area contributed by atoms with Gasteiger partial charge in [0.1, 0.15) is 5.01 Å². The molecule has 0 aliphatic rings. The third-order valence-corrected chi connectivity index (χ3v) is 4.33. The van der Waals surface area contributed by atoms with Gasteiger partial charge in [0.05, 0.1) is 16.8 Å². The molecular weight excluding hydrogens is 292 g/mol. The number of para-hydroxylation sites is 1. The molecule has 110 valence electrons. The molecule has 1 amide bonds. The van der Waals surface area contributed by atoms with Gasteiger partial charge < -0.3 is 4.90 Å². The topological polar surface area (TPSA) is 33.2 Å². The van der Waals surface area contributed by atoms with Gasteiger partial charge in [-0.3, -0.25) is 4.79 Å². The highest BCUT2D eigenvalue weighted by Gasteiger charge is 2.09. The van der Waals surface area contributed by atoms with E-state index in [0.29, 0.717) is 6.54 Å². The average molecular weight is 308 g/mol. The van der Waals surface area contributed by atoms with Crippen LogP contribution in [0.2, 0.25) is 0 Å². The maximum Gasteiger partial charge on any atom is 0.246 e. The molecule has 22 heavy (non-hydrogen) atoms. The van der Waals surface area contributed by atoms with Crippen molar-refractivity contribution in [1.82, 2.24) is 9.88 Å². The summed E-state index contributed by atoms with van der Waals surface area (Å²) in [7, 11) is 1.80. The summed E-state index contributed by atoms with van der Waals surface area (Å²) < 4.78 is 1.15. The number of carbonyl (C=O) groups is 1. The quantitative estimate of drug-likeness (QED) is 0.683. The van der Waals surface area contributed by atoms with Crippen LogP contribution in [0.25, 0.3) is 16.3 Å². The average Bonchev–Trinajstić information content (AvgIpc) is 2.95. The van der Waals surface area contributed by atoms with Gasteiger partial charge in [-0.05, 0) is 23.8 Å². The first-order chi connectivity index (χ1) is 10.7. The molecule has 0 saturated carbocycles. The summed E-state index contributed by atoms with van der Waals surface area (Å²) in [5.41, 5.74) is 2.01. The molecule has 0 fully saturated rings. The fourth-order valence-corrected chi connectivity index (χ4v) is 3.15. The van der Waals surface area contributed by atoms with Crippen molar-refractivity contribution in [2.24, 2.45) is 0 Å². The molecule has 3 nitrogen and oxygen atoms in total. The minimum absolute atomic E-state index is 0.0249. The van der Waals surface area contributed by atoms with E-state index in [4.69, 9.17) is 0 Å². The van der Waals surface area contributed by atoms with Gasteiger partial charge in [-0.1, -0.05) is 42.5 Å². The van der Waals surface area contributed by atoms with Gasteiger partial charge in [-0.25, -0.2) is 4.98 Å². The molecule has 0 bridgehead atoms. The van der Waals surface area contributed by atoms with Crippen LogP contribution in [0.3, 0.4) is 0 Å². The molecular formula is C18H16N2OS. The van der Waals surface area contributed by atoms with Crippen LogP contribution in [-0.4, -0.2) is 22.8 Å². The van der Waals surface area contributed by atoms with Crippen LogP contribution in [0.1, 0.15) is 10.6 Å². The van der Waals surface area contributed by atoms with Crippen LogP contribution in [0.4, 0.5) is 0 Å². The molecule has 3 rings (SSSR count). The number of fused-ring (bicyclic) bond motifs is 1. The number of amides is 1. The Balaban J connectivity index is 1.67. The minimum Gasteiger partial charge on any atom is -0.335 e. The zero-order valence-corrected chi connectivity index (χ0v) is 13.1. The van der Waals surface area contributed by atoms with Crippen LogP contribution in [-0.2, 0) is 11.3 Å². The standard InChI is InChI=1S/C18H16N2OS/c1-20(18(21)12-11-14-7-3-2-4-8-14)13-17-19-15-9-5-6-10-16(15)22-17/h2-12H,13H2,1H3. The van der Waals surface area contributed by atoms with Crippen molar-refractivity contribution >= 4 is 33.5 Å². The van der Waals surface area contributed by atoms with E-state index in [1.54, 1.807) is 29.4 Å². The Labute approximate surface area is 133 Å². The maximum atomic E-state index is 12.2. The van der Waals surface area contributed by atoms with E-state index in [0.717, 1.165) is 20.8 Å². The fourth-order valence-electron chi connectivity index (χ4n) is 2.13.